The van der Waals surface area contributed by atoms with Crippen LogP contribution in [0.2, 0.25) is 5.02 Å². The highest BCUT2D eigenvalue weighted by molar-refractivity contribution is 6.31. The fraction of sp³-hybridized carbons (Fsp3) is 0.118. The van der Waals surface area contributed by atoms with E-state index in [4.69, 9.17) is 16.0 Å². The summed E-state index contributed by atoms with van der Waals surface area (Å²) in [6, 6.07) is 3.42. The maximum absolute atomic E-state index is 11.8. The van der Waals surface area contributed by atoms with Gasteiger partial charge in [0, 0.05) is 29.5 Å². The lowest BCUT2D eigenvalue weighted by Crippen LogP contribution is -2.21. The van der Waals surface area contributed by atoms with Crippen LogP contribution in [0.3, 0.4) is 0 Å². The van der Waals surface area contributed by atoms with Gasteiger partial charge in [-0.15, -0.1) is 10.2 Å². The van der Waals surface area contributed by atoms with Crippen molar-refractivity contribution < 1.29 is 9.21 Å². The summed E-state index contributed by atoms with van der Waals surface area (Å²) < 4.78 is 5.62. The van der Waals surface area contributed by atoms with E-state index in [1.165, 1.54) is 18.5 Å². The number of H-pyrrole nitrogens is 1. The average molecular weight is 372 g/mol. The zero-order chi connectivity index (χ0) is 18.7. The fourth-order valence-electron chi connectivity index (χ4n) is 2.38. The molecule has 2 heterocycles. The van der Waals surface area contributed by atoms with Crippen LogP contribution in [-0.2, 0) is 11.3 Å². The minimum atomic E-state index is -0.441. The monoisotopic (exact) mass is 371 g/mol. The maximum Gasteiger partial charge on any atom is 0.279 e. The van der Waals surface area contributed by atoms with E-state index in [1.54, 1.807) is 12.1 Å². The highest BCUT2D eigenvalue weighted by Gasteiger charge is 2.18. The SMILES string of the molecule is C=CC(=O)NCc1c(C)cc(Cl)cc1-c1nnc(-c2ncc[nH]c2=O)o1. The third kappa shape index (κ3) is 3.55. The van der Waals surface area contributed by atoms with Crippen LogP contribution in [0, 0.1) is 6.92 Å². The number of hydrogen-bond donors (Lipinski definition) is 2. The van der Waals surface area contributed by atoms with E-state index >= 15 is 0 Å². The summed E-state index contributed by atoms with van der Waals surface area (Å²) in [6.45, 7) is 5.50. The number of carbonyl (C=O) groups is 1. The number of aryl methyl sites for hydroxylation is 1. The van der Waals surface area contributed by atoms with Crippen molar-refractivity contribution in [3.05, 3.63) is 63.7 Å². The van der Waals surface area contributed by atoms with Gasteiger partial charge in [0.25, 0.3) is 11.4 Å². The van der Waals surface area contributed by atoms with Crippen molar-refractivity contribution in [3.8, 4) is 23.0 Å². The number of nitrogens with one attached hydrogen (secondary N) is 2. The number of aromatic amines is 1. The zero-order valence-corrected chi connectivity index (χ0v) is 14.5. The Balaban J connectivity index is 2.04. The molecule has 0 spiro atoms. The fourth-order valence-corrected chi connectivity index (χ4v) is 2.65. The molecule has 132 valence electrons. The van der Waals surface area contributed by atoms with Crippen LogP contribution >= 0.6 is 11.6 Å². The van der Waals surface area contributed by atoms with Crippen LogP contribution < -0.4 is 10.9 Å². The predicted octanol–water partition coefficient (Wildman–Crippen LogP) is 2.25. The van der Waals surface area contributed by atoms with Crippen molar-refractivity contribution in [1.82, 2.24) is 25.5 Å². The van der Waals surface area contributed by atoms with Crippen LogP contribution in [0.25, 0.3) is 23.0 Å². The number of nitrogens with zero attached hydrogens (tertiary/aromatic N) is 3. The average Bonchev–Trinajstić information content (AvgIpc) is 3.10. The van der Waals surface area contributed by atoms with Crippen LogP contribution in [0.4, 0.5) is 0 Å². The molecule has 3 rings (SSSR count). The van der Waals surface area contributed by atoms with E-state index in [0.29, 0.717) is 10.6 Å². The Bertz CT molecular complexity index is 1040. The first-order valence-electron chi connectivity index (χ1n) is 7.57. The largest absolute Gasteiger partial charge is 0.414 e. The molecule has 26 heavy (non-hydrogen) atoms. The van der Waals surface area contributed by atoms with Gasteiger partial charge in [-0.3, -0.25) is 9.59 Å². The summed E-state index contributed by atoms with van der Waals surface area (Å²) in [5.41, 5.74) is 1.74. The van der Waals surface area contributed by atoms with Crippen molar-refractivity contribution in [2.75, 3.05) is 0 Å². The Morgan fingerprint density at radius 2 is 2.15 bits per heavy atom. The van der Waals surface area contributed by atoms with Gasteiger partial charge in [-0.2, -0.15) is 0 Å². The van der Waals surface area contributed by atoms with Crippen molar-refractivity contribution in [2.45, 2.75) is 13.5 Å². The van der Waals surface area contributed by atoms with Gasteiger partial charge in [-0.25, -0.2) is 4.98 Å². The lowest BCUT2D eigenvalue weighted by atomic mass is 10.0. The third-order valence-electron chi connectivity index (χ3n) is 3.63. The van der Waals surface area contributed by atoms with E-state index in [9.17, 15) is 9.59 Å². The molecule has 0 saturated carbocycles. The van der Waals surface area contributed by atoms with Gasteiger partial charge in [0.1, 0.15) is 0 Å². The van der Waals surface area contributed by atoms with E-state index in [2.05, 4.69) is 32.1 Å². The second kappa shape index (κ2) is 7.32. The van der Waals surface area contributed by atoms with E-state index < -0.39 is 5.56 Å². The minimum Gasteiger partial charge on any atom is -0.414 e. The molecular weight excluding hydrogens is 358 g/mol. The molecule has 0 bridgehead atoms. The summed E-state index contributed by atoms with van der Waals surface area (Å²) in [7, 11) is 0. The lowest BCUT2D eigenvalue weighted by Gasteiger charge is -2.11. The predicted molar refractivity (Wildman–Crippen MR) is 95.4 cm³/mol. The number of benzene rings is 1. The summed E-state index contributed by atoms with van der Waals surface area (Å²) in [4.78, 5) is 29.8. The zero-order valence-electron chi connectivity index (χ0n) is 13.7. The highest BCUT2D eigenvalue weighted by atomic mass is 35.5. The topological polar surface area (TPSA) is 114 Å². The Morgan fingerprint density at radius 3 is 2.88 bits per heavy atom. The van der Waals surface area contributed by atoms with Crippen molar-refractivity contribution in [3.63, 3.8) is 0 Å². The third-order valence-corrected chi connectivity index (χ3v) is 3.85. The van der Waals surface area contributed by atoms with E-state index in [0.717, 1.165) is 11.1 Å². The molecule has 0 fully saturated rings. The molecule has 0 aliphatic rings. The summed E-state index contributed by atoms with van der Waals surface area (Å²) in [6.07, 6.45) is 4.01. The Morgan fingerprint density at radius 1 is 1.38 bits per heavy atom. The first kappa shape index (κ1) is 17.6. The maximum atomic E-state index is 11.8. The van der Waals surface area contributed by atoms with Gasteiger partial charge in [-0.05, 0) is 36.3 Å². The van der Waals surface area contributed by atoms with Crippen LogP contribution in [0.5, 0.6) is 0 Å². The molecule has 8 nitrogen and oxygen atoms in total. The molecule has 2 N–H and O–H groups in total. The van der Waals surface area contributed by atoms with Gasteiger partial charge in [0.2, 0.25) is 11.8 Å². The number of hydrogen-bond acceptors (Lipinski definition) is 6. The van der Waals surface area contributed by atoms with Gasteiger partial charge >= 0.3 is 0 Å². The van der Waals surface area contributed by atoms with Crippen molar-refractivity contribution in [2.24, 2.45) is 0 Å². The Kier molecular flexibility index (Phi) is 4.94. The molecule has 0 unspecified atom stereocenters. The highest BCUT2D eigenvalue weighted by Crippen LogP contribution is 2.30. The van der Waals surface area contributed by atoms with Gasteiger partial charge in [-0.1, -0.05) is 18.2 Å². The summed E-state index contributed by atoms with van der Waals surface area (Å²) in [5.74, 6) is -0.157. The molecule has 1 amide bonds. The number of amides is 1. The molecule has 0 aliphatic heterocycles. The van der Waals surface area contributed by atoms with Crippen LogP contribution in [-0.4, -0.2) is 26.1 Å². The number of carbonyl (C=O) groups excluding carboxylic acids is 1. The van der Waals surface area contributed by atoms with Crippen molar-refractivity contribution in [1.29, 1.82) is 0 Å². The number of rotatable bonds is 5. The smallest absolute Gasteiger partial charge is 0.279 e. The minimum absolute atomic E-state index is 0.0134. The molecule has 0 aliphatic carbocycles. The number of aromatic nitrogens is 4. The van der Waals surface area contributed by atoms with Gasteiger partial charge in [0.15, 0.2) is 5.69 Å². The van der Waals surface area contributed by atoms with Gasteiger partial charge < -0.3 is 14.7 Å². The van der Waals surface area contributed by atoms with Crippen molar-refractivity contribution >= 4 is 17.5 Å². The second-order valence-electron chi connectivity index (χ2n) is 5.35. The molecule has 0 radical (unpaired) electrons. The first-order chi connectivity index (χ1) is 12.5. The lowest BCUT2D eigenvalue weighted by molar-refractivity contribution is -0.116. The Labute approximate surface area is 152 Å². The molecule has 1 aromatic carbocycles. The number of halogens is 1. The summed E-state index contributed by atoms with van der Waals surface area (Å²) in [5, 5.41) is 11.1. The molecular formula is C17H14ClN5O3. The quantitative estimate of drug-likeness (QED) is 0.665. The van der Waals surface area contributed by atoms with Crippen LogP contribution in [0.1, 0.15) is 11.1 Å². The molecule has 2 aromatic heterocycles. The molecule has 3 aromatic rings. The molecule has 0 atom stereocenters. The van der Waals surface area contributed by atoms with E-state index in [1.807, 2.05) is 6.92 Å². The van der Waals surface area contributed by atoms with Gasteiger partial charge in [0.05, 0.1) is 0 Å². The molecule has 0 saturated heterocycles. The standard InChI is InChI=1S/C17H14ClN5O3/c1-3-13(24)21-8-12-9(2)6-10(18)7-11(12)16-22-23-17(26-16)14-15(25)20-5-4-19-14/h3-7H,1,8H2,2H3,(H,20,25)(H,21,24). The Hall–Kier alpha value is -3.26. The second-order valence-corrected chi connectivity index (χ2v) is 5.79. The van der Waals surface area contributed by atoms with Crippen LogP contribution in [0.15, 0.2) is 46.4 Å². The van der Waals surface area contributed by atoms with E-state index in [-0.39, 0.29) is 29.9 Å². The summed E-state index contributed by atoms with van der Waals surface area (Å²) >= 11 is 6.15. The molecule has 9 heteroatoms. The normalized spacial score (nSPS) is 10.5. The first-order valence-corrected chi connectivity index (χ1v) is 7.94.